The van der Waals surface area contributed by atoms with Gasteiger partial charge in [-0.15, -0.1) is 0 Å². The van der Waals surface area contributed by atoms with Gasteiger partial charge in [-0.2, -0.15) is 9.50 Å². The van der Waals surface area contributed by atoms with E-state index in [0.29, 0.717) is 40.8 Å². The normalized spacial score (nSPS) is 11.0. The van der Waals surface area contributed by atoms with Crippen molar-refractivity contribution in [3.8, 4) is 0 Å². The van der Waals surface area contributed by atoms with E-state index in [-0.39, 0.29) is 5.56 Å². The van der Waals surface area contributed by atoms with Crippen LogP contribution in [0.2, 0.25) is 5.02 Å². The lowest BCUT2D eigenvalue weighted by atomic mass is 10.1. The zero-order chi connectivity index (χ0) is 18.8. The van der Waals surface area contributed by atoms with Crippen LogP contribution in [0.15, 0.2) is 59.4 Å². The Bertz CT molecular complexity index is 1150. The predicted octanol–water partition coefficient (Wildman–Crippen LogP) is 3.58. The molecule has 0 aliphatic heterocycles. The van der Waals surface area contributed by atoms with Crippen molar-refractivity contribution >= 4 is 23.1 Å². The van der Waals surface area contributed by atoms with Gasteiger partial charge in [0.2, 0.25) is 0 Å². The molecule has 0 aliphatic rings. The summed E-state index contributed by atoms with van der Waals surface area (Å²) >= 11 is 5.99. The van der Waals surface area contributed by atoms with Gasteiger partial charge in [-0.1, -0.05) is 48.0 Å². The second-order valence-corrected chi connectivity index (χ2v) is 6.75. The monoisotopic (exact) mass is 379 g/mol. The van der Waals surface area contributed by atoms with Gasteiger partial charge in [0.1, 0.15) is 5.82 Å². The molecule has 2 aromatic carbocycles. The van der Waals surface area contributed by atoms with Crippen LogP contribution in [0.3, 0.4) is 0 Å². The summed E-state index contributed by atoms with van der Waals surface area (Å²) in [6, 6.07) is 17.3. The van der Waals surface area contributed by atoms with E-state index in [1.165, 1.54) is 4.52 Å². The van der Waals surface area contributed by atoms with Crippen LogP contribution in [-0.4, -0.2) is 19.6 Å². The number of aryl methyl sites for hydroxylation is 1. The number of fused-ring (bicyclic) bond motifs is 1. The van der Waals surface area contributed by atoms with Crippen LogP contribution < -0.4 is 10.9 Å². The molecule has 0 saturated carbocycles. The maximum absolute atomic E-state index is 12.9. The second kappa shape index (κ2) is 7.25. The zero-order valence-electron chi connectivity index (χ0n) is 14.7. The van der Waals surface area contributed by atoms with E-state index >= 15 is 0 Å². The number of aromatic amines is 1. The summed E-state index contributed by atoms with van der Waals surface area (Å²) in [4.78, 5) is 21.8. The minimum absolute atomic E-state index is 0.122. The molecule has 4 aromatic rings. The molecule has 6 nitrogen and oxygen atoms in total. The first kappa shape index (κ1) is 17.3. The molecule has 2 N–H and O–H groups in total. The molecule has 2 aromatic heterocycles. The highest BCUT2D eigenvalue weighted by Crippen LogP contribution is 2.15. The molecule has 4 rings (SSSR count). The molecular formula is C20H18ClN5O. The highest BCUT2D eigenvalue weighted by molar-refractivity contribution is 6.30. The van der Waals surface area contributed by atoms with E-state index in [1.54, 1.807) is 0 Å². The molecule has 0 saturated heterocycles. The third-order valence-corrected chi connectivity index (χ3v) is 4.58. The summed E-state index contributed by atoms with van der Waals surface area (Å²) in [5.41, 5.74) is 3.19. The molecule has 0 bridgehead atoms. The van der Waals surface area contributed by atoms with Gasteiger partial charge in [0, 0.05) is 22.7 Å². The first-order valence-corrected chi connectivity index (χ1v) is 8.98. The number of H-pyrrole nitrogens is 1. The van der Waals surface area contributed by atoms with Crippen molar-refractivity contribution in [1.29, 1.82) is 0 Å². The lowest BCUT2D eigenvalue weighted by Crippen LogP contribution is -2.22. The molecule has 0 aliphatic carbocycles. The van der Waals surface area contributed by atoms with Gasteiger partial charge in [0.15, 0.2) is 0 Å². The van der Waals surface area contributed by atoms with Crippen molar-refractivity contribution in [3.63, 3.8) is 0 Å². The van der Waals surface area contributed by atoms with Gasteiger partial charge in [0.05, 0.1) is 12.2 Å². The lowest BCUT2D eigenvalue weighted by molar-refractivity contribution is 0.832. The Morgan fingerprint density at radius 3 is 2.70 bits per heavy atom. The van der Waals surface area contributed by atoms with Gasteiger partial charge >= 0.3 is 0 Å². The Morgan fingerprint density at radius 2 is 1.93 bits per heavy atom. The highest BCUT2D eigenvalue weighted by Gasteiger charge is 2.13. The van der Waals surface area contributed by atoms with Gasteiger partial charge in [-0.05, 0) is 30.7 Å². The number of anilines is 1. The summed E-state index contributed by atoms with van der Waals surface area (Å²) in [5.74, 6) is 0.994. The quantitative estimate of drug-likeness (QED) is 0.555. The van der Waals surface area contributed by atoms with E-state index < -0.39 is 0 Å². The zero-order valence-corrected chi connectivity index (χ0v) is 15.5. The maximum atomic E-state index is 12.9. The molecule has 27 heavy (non-hydrogen) atoms. The molecule has 0 amide bonds. The van der Waals surface area contributed by atoms with Crippen molar-refractivity contribution in [3.05, 3.63) is 92.6 Å². The van der Waals surface area contributed by atoms with Gasteiger partial charge in [0.25, 0.3) is 11.3 Å². The largest absolute Gasteiger partial charge is 0.378 e. The maximum Gasteiger partial charge on any atom is 0.277 e. The Morgan fingerprint density at radius 1 is 1.11 bits per heavy atom. The number of aromatic nitrogens is 4. The van der Waals surface area contributed by atoms with Crippen LogP contribution in [-0.2, 0) is 13.0 Å². The summed E-state index contributed by atoms with van der Waals surface area (Å²) in [6.45, 7) is 2.27. The van der Waals surface area contributed by atoms with Crippen LogP contribution in [0.25, 0.3) is 5.78 Å². The minimum Gasteiger partial charge on any atom is -0.378 e. The average molecular weight is 380 g/mol. The highest BCUT2D eigenvalue weighted by atomic mass is 35.5. The van der Waals surface area contributed by atoms with Crippen LogP contribution in [0.5, 0.6) is 0 Å². The van der Waals surface area contributed by atoms with Crippen LogP contribution in [0, 0.1) is 6.92 Å². The second-order valence-electron chi connectivity index (χ2n) is 6.31. The van der Waals surface area contributed by atoms with Crippen molar-refractivity contribution in [1.82, 2.24) is 19.6 Å². The number of nitrogens with zero attached hydrogens (tertiary/aromatic N) is 3. The summed E-state index contributed by atoms with van der Waals surface area (Å²) in [5, 5.41) is 6.92. The molecule has 0 fully saturated rings. The molecule has 0 atom stereocenters. The Kier molecular flexibility index (Phi) is 4.64. The smallest absolute Gasteiger partial charge is 0.277 e. The van der Waals surface area contributed by atoms with E-state index in [0.717, 1.165) is 11.3 Å². The number of rotatable bonds is 5. The summed E-state index contributed by atoms with van der Waals surface area (Å²) in [7, 11) is 0. The number of hydrogen-bond donors (Lipinski definition) is 2. The standard InChI is InChI=1S/C20H18ClN5O/c1-13-17(10-14-6-3-2-4-7-14)19(27)26-20(23-13)24-18(25-26)12-22-16-9-5-8-15(21)11-16/h2-9,11,22H,10,12H2,1H3,(H,23,24,25). The minimum atomic E-state index is -0.122. The number of nitrogens with one attached hydrogen (secondary N) is 2. The third-order valence-electron chi connectivity index (χ3n) is 4.35. The Hall–Kier alpha value is -3.12. The van der Waals surface area contributed by atoms with Gasteiger partial charge in [-0.3, -0.25) is 9.89 Å². The SMILES string of the molecule is Cc1nc2nc(CNc3cccc(Cl)c3)[nH]n2c(=O)c1Cc1ccccc1. The molecule has 0 unspecified atom stereocenters. The van der Waals surface area contributed by atoms with Crippen LogP contribution in [0.1, 0.15) is 22.6 Å². The Labute approximate surface area is 160 Å². The summed E-state index contributed by atoms with van der Waals surface area (Å²) < 4.78 is 1.40. The van der Waals surface area contributed by atoms with Crippen LogP contribution >= 0.6 is 11.6 Å². The first-order valence-electron chi connectivity index (χ1n) is 8.60. The van der Waals surface area contributed by atoms with Crippen molar-refractivity contribution in [2.24, 2.45) is 0 Å². The van der Waals surface area contributed by atoms with E-state index in [1.807, 2.05) is 61.5 Å². The number of benzene rings is 2. The average Bonchev–Trinajstić information content (AvgIpc) is 3.07. The molecular weight excluding hydrogens is 362 g/mol. The van der Waals surface area contributed by atoms with E-state index in [2.05, 4.69) is 20.4 Å². The van der Waals surface area contributed by atoms with Gasteiger partial charge in [-0.25, -0.2) is 4.98 Å². The van der Waals surface area contributed by atoms with Crippen molar-refractivity contribution < 1.29 is 0 Å². The molecule has 136 valence electrons. The fraction of sp³-hybridized carbons (Fsp3) is 0.150. The fourth-order valence-electron chi connectivity index (χ4n) is 2.97. The van der Waals surface area contributed by atoms with Gasteiger partial charge < -0.3 is 5.32 Å². The number of halogens is 1. The number of hydrogen-bond acceptors (Lipinski definition) is 4. The van der Waals surface area contributed by atoms with Crippen molar-refractivity contribution in [2.75, 3.05) is 5.32 Å². The van der Waals surface area contributed by atoms with Crippen molar-refractivity contribution in [2.45, 2.75) is 19.9 Å². The Balaban J connectivity index is 1.62. The van der Waals surface area contributed by atoms with Crippen LogP contribution in [0.4, 0.5) is 5.69 Å². The molecule has 0 radical (unpaired) electrons. The lowest BCUT2D eigenvalue weighted by Gasteiger charge is -2.05. The fourth-order valence-corrected chi connectivity index (χ4v) is 3.16. The predicted molar refractivity (Wildman–Crippen MR) is 106 cm³/mol. The topological polar surface area (TPSA) is 75.1 Å². The van der Waals surface area contributed by atoms with E-state index in [9.17, 15) is 4.79 Å². The first-order chi connectivity index (χ1) is 13.1. The summed E-state index contributed by atoms with van der Waals surface area (Å²) in [6.07, 6.45) is 0.538. The molecule has 2 heterocycles. The molecule has 7 heteroatoms. The van der Waals surface area contributed by atoms with E-state index in [4.69, 9.17) is 11.6 Å². The molecule has 0 spiro atoms. The third kappa shape index (κ3) is 3.71.